The molecule has 31 heavy (non-hydrogen) atoms. The molecule has 0 aromatic heterocycles. The van der Waals surface area contributed by atoms with E-state index in [4.69, 9.17) is 0 Å². The summed E-state index contributed by atoms with van der Waals surface area (Å²) in [5.74, 6) is -1.03. The molecule has 164 valence electrons. The summed E-state index contributed by atoms with van der Waals surface area (Å²) in [6.45, 7) is 11.9. The minimum atomic E-state index is -0.640. The van der Waals surface area contributed by atoms with E-state index in [1.54, 1.807) is 4.90 Å². The number of rotatable bonds is 8. The van der Waals surface area contributed by atoms with Crippen molar-refractivity contribution in [3.63, 3.8) is 0 Å². The van der Waals surface area contributed by atoms with E-state index in [0.717, 1.165) is 29.9 Å². The monoisotopic (exact) mass is 420 g/mol. The third kappa shape index (κ3) is 4.36. The quantitative estimate of drug-likeness (QED) is 0.625. The van der Waals surface area contributed by atoms with Crippen LogP contribution in [0.2, 0.25) is 0 Å². The van der Waals surface area contributed by atoms with E-state index < -0.39 is 17.7 Å². The van der Waals surface area contributed by atoms with Gasteiger partial charge in [0.05, 0.1) is 11.6 Å². The topological polar surface area (TPSA) is 60.9 Å². The maximum Gasteiger partial charge on any atom is 0.294 e. The smallest absolute Gasteiger partial charge is 0.294 e. The van der Waals surface area contributed by atoms with Gasteiger partial charge < -0.3 is 10.0 Å². The zero-order valence-electron chi connectivity index (χ0n) is 19.1. The zero-order valence-corrected chi connectivity index (χ0v) is 19.1. The van der Waals surface area contributed by atoms with Gasteiger partial charge in [0.15, 0.2) is 11.5 Å². The van der Waals surface area contributed by atoms with Crippen molar-refractivity contribution in [1.29, 1.82) is 0 Å². The fourth-order valence-electron chi connectivity index (χ4n) is 4.24. The first-order valence-electron chi connectivity index (χ1n) is 11.0. The maximum absolute atomic E-state index is 13.2. The number of Topliss-reactive ketones (excluding diaryl/α,β-unsaturated/α-hetero) is 1. The van der Waals surface area contributed by atoms with Crippen molar-refractivity contribution >= 4 is 23.1 Å². The first-order valence-corrected chi connectivity index (χ1v) is 11.0. The number of hydrogen-bond donors (Lipinski definition) is 1. The molecule has 3 rings (SSSR count). The second-order valence-electron chi connectivity index (χ2n) is 8.41. The van der Waals surface area contributed by atoms with Crippen LogP contribution in [0.5, 0.6) is 0 Å². The summed E-state index contributed by atoms with van der Waals surface area (Å²) in [6, 6.07) is 14.8. The van der Waals surface area contributed by atoms with Crippen molar-refractivity contribution in [2.75, 3.05) is 22.9 Å². The molecule has 1 atom stereocenters. The molecule has 0 saturated carbocycles. The lowest BCUT2D eigenvalue weighted by atomic mass is 9.90. The molecule has 0 aliphatic carbocycles. The SMILES string of the molecule is CCN(CC)c1ccc(N2C(=O)C(O)=C(C(=O)CC(C)C)C2c2ccccc2C)cc1. The fraction of sp³-hybridized carbons (Fsp3) is 0.385. The van der Waals surface area contributed by atoms with Crippen LogP contribution in [0, 0.1) is 12.8 Å². The lowest BCUT2D eigenvalue weighted by Gasteiger charge is -2.29. The maximum atomic E-state index is 13.2. The van der Waals surface area contributed by atoms with Crippen LogP contribution in [0.3, 0.4) is 0 Å². The van der Waals surface area contributed by atoms with Gasteiger partial charge in [-0.3, -0.25) is 14.5 Å². The minimum absolute atomic E-state index is 0.128. The number of ketones is 1. The minimum Gasteiger partial charge on any atom is -0.503 e. The Hall–Kier alpha value is -3.08. The van der Waals surface area contributed by atoms with Gasteiger partial charge in [-0.1, -0.05) is 38.1 Å². The largest absolute Gasteiger partial charge is 0.503 e. The van der Waals surface area contributed by atoms with Crippen LogP contribution in [-0.4, -0.2) is 29.9 Å². The van der Waals surface area contributed by atoms with Crippen LogP contribution in [0.15, 0.2) is 59.9 Å². The molecule has 2 aromatic rings. The van der Waals surface area contributed by atoms with E-state index in [0.29, 0.717) is 5.69 Å². The standard InChI is InChI=1S/C26H32N2O3/c1-6-27(7-2)19-12-14-20(15-13-19)28-24(21-11-9-8-10-18(21)5)23(25(30)26(28)31)22(29)16-17(3)4/h8-15,17,24,30H,6-7,16H2,1-5H3. The molecule has 1 heterocycles. The number of anilines is 2. The van der Waals surface area contributed by atoms with Crippen molar-refractivity contribution in [1.82, 2.24) is 0 Å². The van der Waals surface area contributed by atoms with Gasteiger partial charge in [0.2, 0.25) is 0 Å². The molecule has 5 nitrogen and oxygen atoms in total. The first kappa shape index (κ1) is 22.6. The Balaban J connectivity index is 2.10. The number of aryl methyl sites for hydroxylation is 1. The number of nitrogens with zero attached hydrogens (tertiary/aromatic N) is 2. The first-order chi connectivity index (χ1) is 14.8. The summed E-state index contributed by atoms with van der Waals surface area (Å²) in [5, 5.41) is 10.8. The van der Waals surface area contributed by atoms with Crippen molar-refractivity contribution in [3.05, 3.63) is 71.0 Å². The van der Waals surface area contributed by atoms with Gasteiger partial charge in [0, 0.05) is 30.9 Å². The summed E-state index contributed by atoms with van der Waals surface area (Å²) in [7, 11) is 0. The summed E-state index contributed by atoms with van der Waals surface area (Å²) < 4.78 is 0. The number of aliphatic hydroxyl groups excluding tert-OH is 1. The molecule has 5 heteroatoms. The van der Waals surface area contributed by atoms with Crippen molar-refractivity contribution < 1.29 is 14.7 Å². The Labute approximate surface area is 185 Å². The molecule has 2 aromatic carbocycles. The molecule has 1 aliphatic heterocycles. The third-order valence-electron chi connectivity index (χ3n) is 5.84. The number of carbonyl (C=O) groups is 2. The lowest BCUT2D eigenvalue weighted by Crippen LogP contribution is -2.31. The average molecular weight is 421 g/mol. The molecule has 0 spiro atoms. The normalized spacial score (nSPS) is 16.4. The van der Waals surface area contributed by atoms with E-state index in [1.165, 1.54) is 0 Å². The van der Waals surface area contributed by atoms with E-state index >= 15 is 0 Å². The Bertz CT molecular complexity index is 988. The molecule has 1 amide bonds. The van der Waals surface area contributed by atoms with Gasteiger partial charge in [-0.2, -0.15) is 0 Å². The molecule has 1 unspecified atom stereocenters. The van der Waals surface area contributed by atoms with Crippen LogP contribution >= 0.6 is 0 Å². The second-order valence-corrected chi connectivity index (χ2v) is 8.41. The molecule has 0 bridgehead atoms. The van der Waals surface area contributed by atoms with Crippen LogP contribution < -0.4 is 9.80 Å². The summed E-state index contributed by atoms with van der Waals surface area (Å²) in [5.41, 5.74) is 3.74. The second kappa shape index (κ2) is 9.38. The van der Waals surface area contributed by atoms with Crippen LogP contribution in [-0.2, 0) is 9.59 Å². The Morgan fingerprint density at radius 3 is 2.23 bits per heavy atom. The van der Waals surface area contributed by atoms with E-state index in [9.17, 15) is 14.7 Å². The number of benzene rings is 2. The van der Waals surface area contributed by atoms with Gasteiger partial charge in [0.25, 0.3) is 5.91 Å². The zero-order chi connectivity index (χ0) is 22.7. The van der Waals surface area contributed by atoms with Crippen molar-refractivity contribution in [2.45, 2.75) is 47.1 Å². The number of hydrogen-bond acceptors (Lipinski definition) is 4. The lowest BCUT2D eigenvalue weighted by molar-refractivity contribution is -0.118. The van der Waals surface area contributed by atoms with E-state index in [-0.39, 0.29) is 23.7 Å². The summed E-state index contributed by atoms with van der Waals surface area (Å²) in [6.07, 6.45) is 0.282. The van der Waals surface area contributed by atoms with Gasteiger partial charge in [-0.25, -0.2) is 0 Å². The molecule has 0 fully saturated rings. The highest BCUT2D eigenvalue weighted by Gasteiger charge is 2.44. The Kier molecular flexibility index (Phi) is 6.84. The van der Waals surface area contributed by atoms with Crippen LogP contribution in [0.1, 0.15) is 51.3 Å². The predicted molar refractivity (Wildman–Crippen MR) is 126 cm³/mol. The van der Waals surface area contributed by atoms with Crippen LogP contribution in [0.4, 0.5) is 11.4 Å². The molecule has 0 saturated heterocycles. The molecule has 1 aliphatic rings. The van der Waals surface area contributed by atoms with E-state index in [2.05, 4.69) is 18.7 Å². The number of amides is 1. The van der Waals surface area contributed by atoms with Crippen molar-refractivity contribution in [2.24, 2.45) is 5.92 Å². The highest BCUT2D eigenvalue weighted by molar-refractivity contribution is 6.16. The molecular weight excluding hydrogens is 388 g/mol. The van der Waals surface area contributed by atoms with Crippen LogP contribution in [0.25, 0.3) is 0 Å². The van der Waals surface area contributed by atoms with Gasteiger partial charge in [-0.15, -0.1) is 0 Å². The Morgan fingerprint density at radius 1 is 1.06 bits per heavy atom. The van der Waals surface area contributed by atoms with Crippen molar-refractivity contribution in [3.8, 4) is 0 Å². The highest BCUT2D eigenvalue weighted by Crippen LogP contribution is 2.42. The predicted octanol–water partition coefficient (Wildman–Crippen LogP) is 5.36. The Morgan fingerprint density at radius 2 is 1.68 bits per heavy atom. The fourth-order valence-corrected chi connectivity index (χ4v) is 4.24. The summed E-state index contributed by atoms with van der Waals surface area (Å²) in [4.78, 5) is 30.1. The highest BCUT2D eigenvalue weighted by atomic mass is 16.3. The molecular formula is C26H32N2O3. The van der Waals surface area contributed by atoms with Gasteiger partial charge >= 0.3 is 0 Å². The molecule has 1 N–H and O–H groups in total. The third-order valence-corrected chi connectivity index (χ3v) is 5.84. The number of aliphatic hydroxyl groups is 1. The average Bonchev–Trinajstić information content (AvgIpc) is 3.00. The molecule has 0 radical (unpaired) electrons. The van der Waals surface area contributed by atoms with Gasteiger partial charge in [0.1, 0.15) is 0 Å². The van der Waals surface area contributed by atoms with E-state index in [1.807, 2.05) is 69.3 Å². The number of carbonyl (C=O) groups excluding carboxylic acids is 2. The van der Waals surface area contributed by atoms with Gasteiger partial charge in [-0.05, 0) is 62.1 Å². The summed E-state index contributed by atoms with van der Waals surface area (Å²) >= 11 is 0.